The zero-order chi connectivity index (χ0) is 16.6. The van der Waals surface area contributed by atoms with E-state index in [4.69, 9.17) is 14.9 Å². The molecule has 0 amide bonds. The van der Waals surface area contributed by atoms with Crippen molar-refractivity contribution in [3.8, 4) is 11.8 Å². The van der Waals surface area contributed by atoms with Crippen molar-refractivity contribution in [2.45, 2.75) is 32.6 Å². The highest BCUT2D eigenvalue weighted by Crippen LogP contribution is 2.44. The number of fused-ring (bicyclic) bond motifs is 3. The maximum Gasteiger partial charge on any atom is 0.343 e. The van der Waals surface area contributed by atoms with Crippen LogP contribution in [0.3, 0.4) is 0 Å². The molecule has 1 aliphatic heterocycles. The van der Waals surface area contributed by atoms with Crippen molar-refractivity contribution in [3.05, 3.63) is 51.7 Å². The van der Waals surface area contributed by atoms with Gasteiger partial charge >= 0.3 is 5.63 Å². The highest BCUT2D eigenvalue weighted by atomic mass is 16.5. The summed E-state index contributed by atoms with van der Waals surface area (Å²) in [6.07, 6.45) is 1.82. The first kappa shape index (κ1) is 15.2. The standard InChI is InChI=1S/C18H18N2O3/c1-3-6-10(2)14-12(9-19)17(20)23-16-11-7-4-5-8-13(11)22-18(21)15(14)16/h4-5,7-8,10,14H,3,6,20H2,1-2H3/t10-,14-/m0/s1. The van der Waals surface area contributed by atoms with Gasteiger partial charge in [0.05, 0.1) is 16.5 Å². The van der Waals surface area contributed by atoms with Gasteiger partial charge in [0.15, 0.2) is 5.75 Å². The summed E-state index contributed by atoms with van der Waals surface area (Å²) in [6, 6.07) is 9.28. The maximum absolute atomic E-state index is 12.5. The minimum atomic E-state index is -0.466. The quantitative estimate of drug-likeness (QED) is 0.878. The maximum atomic E-state index is 12.5. The van der Waals surface area contributed by atoms with Gasteiger partial charge in [0.2, 0.25) is 5.88 Å². The van der Waals surface area contributed by atoms with E-state index in [1.807, 2.05) is 19.1 Å². The largest absolute Gasteiger partial charge is 0.439 e. The molecule has 1 aliphatic rings. The third kappa shape index (κ3) is 2.36. The Balaban J connectivity index is 2.32. The predicted molar refractivity (Wildman–Crippen MR) is 86.8 cm³/mol. The molecule has 23 heavy (non-hydrogen) atoms. The second-order valence-corrected chi connectivity index (χ2v) is 5.86. The average Bonchev–Trinajstić information content (AvgIpc) is 2.54. The van der Waals surface area contributed by atoms with E-state index in [0.29, 0.717) is 27.9 Å². The lowest BCUT2D eigenvalue weighted by atomic mass is 9.78. The van der Waals surface area contributed by atoms with E-state index in [0.717, 1.165) is 12.8 Å². The molecule has 0 spiro atoms. The first-order valence-electron chi connectivity index (χ1n) is 7.71. The summed E-state index contributed by atoms with van der Waals surface area (Å²) in [5.74, 6) is 0.175. The van der Waals surface area contributed by atoms with Gasteiger partial charge in [0.25, 0.3) is 0 Å². The lowest BCUT2D eigenvalue weighted by molar-refractivity contribution is 0.351. The van der Waals surface area contributed by atoms with E-state index >= 15 is 0 Å². The molecular formula is C18H18N2O3. The molecule has 5 heteroatoms. The van der Waals surface area contributed by atoms with Crippen molar-refractivity contribution in [1.82, 2.24) is 0 Å². The van der Waals surface area contributed by atoms with Crippen LogP contribution < -0.4 is 16.1 Å². The summed E-state index contributed by atoms with van der Waals surface area (Å²) >= 11 is 0. The van der Waals surface area contributed by atoms with Crippen LogP contribution in [0, 0.1) is 17.2 Å². The summed E-state index contributed by atoms with van der Waals surface area (Å²) in [5, 5.41) is 10.2. The van der Waals surface area contributed by atoms with Gasteiger partial charge in [0, 0.05) is 5.92 Å². The number of nitrogens with zero attached hydrogens (tertiary/aromatic N) is 1. The first-order chi connectivity index (χ1) is 11.1. The minimum absolute atomic E-state index is 0.0729. The number of nitrogens with two attached hydrogens (primary N) is 1. The van der Waals surface area contributed by atoms with Gasteiger partial charge in [-0.1, -0.05) is 38.8 Å². The molecule has 1 aromatic carbocycles. The third-order valence-corrected chi connectivity index (χ3v) is 4.33. The highest BCUT2D eigenvalue weighted by molar-refractivity contribution is 5.85. The average molecular weight is 310 g/mol. The van der Waals surface area contributed by atoms with E-state index < -0.39 is 11.5 Å². The first-order valence-corrected chi connectivity index (χ1v) is 7.71. The topological polar surface area (TPSA) is 89.3 Å². The van der Waals surface area contributed by atoms with Gasteiger partial charge in [-0.15, -0.1) is 0 Å². The minimum Gasteiger partial charge on any atom is -0.439 e. The monoisotopic (exact) mass is 310 g/mol. The van der Waals surface area contributed by atoms with Gasteiger partial charge < -0.3 is 14.9 Å². The number of hydrogen-bond donors (Lipinski definition) is 1. The second kappa shape index (κ2) is 5.81. The summed E-state index contributed by atoms with van der Waals surface area (Å²) in [5.41, 5.74) is 6.66. The van der Waals surface area contributed by atoms with Crippen molar-refractivity contribution >= 4 is 11.0 Å². The van der Waals surface area contributed by atoms with Gasteiger partial charge in [-0.3, -0.25) is 0 Å². The van der Waals surface area contributed by atoms with Crippen molar-refractivity contribution in [2.24, 2.45) is 11.7 Å². The number of benzene rings is 1. The summed E-state index contributed by atoms with van der Waals surface area (Å²) in [7, 11) is 0. The van der Waals surface area contributed by atoms with Crippen LogP contribution in [-0.4, -0.2) is 0 Å². The molecule has 2 N–H and O–H groups in total. The normalized spacial score (nSPS) is 18.2. The van der Waals surface area contributed by atoms with Crippen LogP contribution in [0.15, 0.2) is 44.9 Å². The molecular weight excluding hydrogens is 292 g/mol. The zero-order valence-electron chi connectivity index (χ0n) is 13.1. The van der Waals surface area contributed by atoms with Crippen molar-refractivity contribution < 1.29 is 9.15 Å². The Morgan fingerprint density at radius 2 is 2.13 bits per heavy atom. The molecule has 2 heterocycles. The molecule has 0 saturated carbocycles. The molecule has 0 bridgehead atoms. The van der Waals surface area contributed by atoms with Crippen LogP contribution in [0.4, 0.5) is 0 Å². The summed E-state index contributed by atoms with van der Waals surface area (Å²) in [6.45, 7) is 4.08. The smallest absolute Gasteiger partial charge is 0.343 e. The Morgan fingerprint density at radius 3 is 2.83 bits per heavy atom. The van der Waals surface area contributed by atoms with E-state index in [1.54, 1.807) is 12.1 Å². The highest BCUT2D eigenvalue weighted by Gasteiger charge is 2.37. The van der Waals surface area contributed by atoms with Crippen molar-refractivity contribution in [3.63, 3.8) is 0 Å². The molecule has 5 nitrogen and oxygen atoms in total. The Morgan fingerprint density at radius 1 is 1.39 bits per heavy atom. The molecule has 1 aromatic heterocycles. The lowest BCUT2D eigenvalue weighted by Gasteiger charge is -2.29. The van der Waals surface area contributed by atoms with E-state index in [9.17, 15) is 10.1 Å². The predicted octanol–water partition coefficient (Wildman–Crippen LogP) is 3.40. The number of hydrogen-bond acceptors (Lipinski definition) is 5. The number of rotatable bonds is 3. The molecule has 2 atom stereocenters. The fraction of sp³-hybridized carbons (Fsp3) is 0.333. The van der Waals surface area contributed by atoms with Gasteiger partial charge in [-0.2, -0.15) is 5.26 Å². The fourth-order valence-corrected chi connectivity index (χ4v) is 3.29. The molecule has 0 fully saturated rings. The van der Waals surface area contributed by atoms with E-state index in [2.05, 4.69) is 13.0 Å². The summed E-state index contributed by atoms with van der Waals surface area (Å²) in [4.78, 5) is 12.5. The molecule has 3 rings (SSSR count). The second-order valence-electron chi connectivity index (χ2n) is 5.86. The van der Waals surface area contributed by atoms with Gasteiger partial charge in [0.1, 0.15) is 11.7 Å². The molecule has 0 saturated heterocycles. The summed E-state index contributed by atoms with van der Waals surface area (Å²) < 4.78 is 11.1. The number of ether oxygens (including phenoxy) is 1. The van der Waals surface area contributed by atoms with Crippen LogP contribution in [0.5, 0.6) is 5.75 Å². The van der Waals surface area contributed by atoms with Crippen molar-refractivity contribution in [1.29, 1.82) is 5.26 Å². The van der Waals surface area contributed by atoms with E-state index in [1.165, 1.54) is 0 Å². The van der Waals surface area contributed by atoms with Crippen LogP contribution in [-0.2, 0) is 0 Å². The Bertz CT molecular complexity index is 889. The van der Waals surface area contributed by atoms with Gasteiger partial charge in [-0.05, 0) is 18.1 Å². The SMILES string of the molecule is CCC[C@H](C)[C@H]1C(C#N)=C(N)Oc2c1c(=O)oc1ccccc21. The third-order valence-electron chi connectivity index (χ3n) is 4.33. The Hall–Kier alpha value is -2.74. The Labute approximate surface area is 134 Å². The van der Waals surface area contributed by atoms with Crippen LogP contribution in [0.25, 0.3) is 11.0 Å². The van der Waals surface area contributed by atoms with Crippen LogP contribution in [0.1, 0.15) is 38.2 Å². The zero-order valence-corrected chi connectivity index (χ0v) is 13.1. The van der Waals surface area contributed by atoms with E-state index in [-0.39, 0.29) is 11.8 Å². The Kier molecular flexibility index (Phi) is 3.83. The molecule has 0 aliphatic carbocycles. The van der Waals surface area contributed by atoms with Gasteiger partial charge in [-0.25, -0.2) is 4.79 Å². The molecule has 0 radical (unpaired) electrons. The molecule has 2 aromatic rings. The fourth-order valence-electron chi connectivity index (χ4n) is 3.29. The number of allylic oxidation sites excluding steroid dienone is 1. The number of para-hydroxylation sites is 1. The molecule has 118 valence electrons. The molecule has 0 unspecified atom stereocenters. The lowest BCUT2D eigenvalue weighted by Crippen LogP contribution is -2.29. The number of nitriles is 1. The van der Waals surface area contributed by atoms with Crippen LogP contribution >= 0.6 is 0 Å². The van der Waals surface area contributed by atoms with Crippen molar-refractivity contribution in [2.75, 3.05) is 0 Å². The van der Waals surface area contributed by atoms with Crippen LogP contribution in [0.2, 0.25) is 0 Å².